The van der Waals surface area contributed by atoms with Crippen molar-refractivity contribution in [2.75, 3.05) is 52.5 Å². The van der Waals surface area contributed by atoms with E-state index in [1.807, 2.05) is 11.0 Å². The molecule has 1 aromatic heterocycles. The van der Waals surface area contributed by atoms with Gasteiger partial charge in [-0.15, -0.1) is 11.3 Å². The van der Waals surface area contributed by atoms with Gasteiger partial charge in [0.25, 0.3) is 5.91 Å². The summed E-state index contributed by atoms with van der Waals surface area (Å²) in [5, 5.41) is 3.16. The summed E-state index contributed by atoms with van der Waals surface area (Å²) in [5.41, 5.74) is 1.20. The molecule has 1 aliphatic carbocycles. The number of hydrogen-bond acceptors (Lipinski definition) is 5. The number of rotatable bonds is 6. The maximum absolute atomic E-state index is 12.8. The maximum Gasteiger partial charge on any atom is 0.264 e. The lowest BCUT2D eigenvalue weighted by atomic mass is 9.87. The maximum atomic E-state index is 12.8. The fraction of sp³-hybridized carbons (Fsp3) is 0.739. The number of morpholine rings is 1. The number of carbonyl (C=O) groups is 2. The first-order chi connectivity index (χ1) is 14.6. The van der Waals surface area contributed by atoms with Crippen molar-refractivity contribution in [3.05, 3.63) is 21.4 Å². The van der Waals surface area contributed by atoms with E-state index in [-0.39, 0.29) is 17.7 Å². The zero-order valence-electron chi connectivity index (χ0n) is 18.2. The molecule has 4 rings (SSSR count). The second kappa shape index (κ2) is 10.2. The number of carbonyl (C=O) groups excluding carboxylic acids is 2. The molecule has 0 bridgehead atoms. The molecule has 2 aliphatic heterocycles. The molecule has 2 saturated heterocycles. The number of likely N-dealkylation sites (tertiary alicyclic amines) is 1. The molecule has 6 nitrogen and oxygen atoms in total. The number of nitrogens with zero attached hydrogens (tertiary/aromatic N) is 2. The van der Waals surface area contributed by atoms with Crippen LogP contribution in [0.1, 0.15) is 52.7 Å². The smallest absolute Gasteiger partial charge is 0.264 e. The summed E-state index contributed by atoms with van der Waals surface area (Å²) in [6, 6.07) is 2.04. The van der Waals surface area contributed by atoms with Gasteiger partial charge in [0.15, 0.2) is 0 Å². The Morgan fingerprint density at radius 3 is 2.70 bits per heavy atom. The normalized spacial score (nSPS) is 23.2. The second-order valence-corrected chi connectivity index (χ2v) is 10.2. The summed E-state index contributed by atoms with van der Waals surface area (Å²) in [7, 11) is 0. The van der Waals surface area contributed by atoms with Crippen LogP contribution in [0.15, 0.2) is 6.07 Å². The lowest BCUT2D eigenvalue weighted by Crippen LogP contribution is -2.40. The molecule has 3 heterocycles. The third-order valence-corrected chi connectivity index (χ3v) is 8.01. The van der Waals surface area contributed by atoms with E-state index < -0.39 is 0 Å². The molecule has 30 heavy (non-hydrogen) atoms. The zero-order valence-corrected chi connectivity index (χ0v) is 19.0. The van der Waals surface area contributed by atoms with Crippen molar-refractivity contribution in [1.82, 2.24) is 15.1 Å². The SMILES string of the molecule is CC1CCN(CCCNC(=O)[C@H]2CCc3sc(C(=O)N4CCOCC4)cc3C2)CC1. The number of piperidine rings is 1. The fourth-order valence-corrected chi connectivity index (χ4v) is 5.90. The highest BCUT2D eigenvalue weighted by Crippen LogP contribution is 2.33. The Hall–Kier alpha value is -1.44. The van der Waals surface area contributed by atoms with Crippen LogP contribution in [-0.4, -0.2) is 74.1 Å². The Bertz CT molecular complexity index is 736. The van der Waals surface area contributed by atoms with Gasteiger partial charge in [-0.3, -0.25) is 9.59 Å². The highest BCUT2D eigenvalue weighted by Gasteiger charge is 2.29. The van der Waals surface area contributed by atoms with Crippen molar-refractivity contribution in [3.63, 3.8) is 0 Å². The molecule has 2 amide bonds. The van der Waals surface area contributed by atoms with Crippen molar-refractivity contribution in [3.8, 4) is 0 Å². The lowest BCUT2D eigenvalue weighted by Gasteiger charge is -2.30. The molecule has 0 radical (unpaired) electrons. The minimum absolute atomic E-state index is 0.0364. The standard InChI is InChI=1S/C23H35N3O3S/c1-17-5-9-25(10-6-17)8-2-7-24-22(27)18-3-4-20-19(15-18)16-21(30-20)23(28)26-11-13-29-14-12-26/h16-18H,2-15H2,1H3,(H,24,27)/t18-/m0/s1. The van der Waals surface area contributed by atoms with Crippen LogP contribution in [0.3, 0.4) is 0 Å². The molecule has 7 heteroatoms. The first kappa shape index (κ1) is 21.8. The number of aryl methyl sites for hydroxylation is 1. The van der Waals surface area contributed by atoms with E-state index in [2.05, 4.69) is 17.1 Å². The van der Waals surface area contributed by atoms with Crippen molar-refractivity contribution in [2.45, 2.75) is 45.4 Å². The Labute approximate surface area is 183 Å². The van der Waals surface area contributed by atoms with Crippen molar-refractivity contribution in [2.24, 2.45) is 11.8 Å². The lowest BCUT2D eigenvalue weighted by molar-refractivity contribution is -0.125. The van der Waals surface area contributed by atoms with Gasteiger partial charge in [0.2, 0.25) is 5.91 Å². The van der Waals surface area contributed by atoms with Gasteiger partial charge in [-0.2, -0.15) is 0 Å². The number of ether oxygens (including phenoxy) is 1. The topological polar surface area (TPSA) is 61.9 Å². The van der Waals surface area contributed by atoms with E-state index in [0.717, 1.165) is 49.6 Å². The highest BCUT2D eigenvalue weighted by atomic mass is 32.1. The summed E-state index contributed by atoms with van der Waals surface area (Å²) < 4.78 is 5.35. The second-order valence-electron chi connectivity index (χ2n) is 9.07. The summed E-state index contributed by atoms with van der Waals surface area (Å²) >= 11 is 1.62. The summed E-state index contributed by atoms with van der Waals surface area (Å²) in [5.74, 6) is 1.19. The minimum atomic E-state index is 0.0364. The van der Waals surface area contributed by atoms with Crippen LogP contribution in [0.25, 0.3) is 0 Å². The van der Waals surface area contributed by atoms with Crippen LogP contribution in [0.4, 0.5) is 0 Å². The number of nitrogens with one attached hydrogen (secondary N) is 1. The van der Waals surface area contributed by atoms with E-state index in [1.54, 1.807) is 11.3 Å². The van der Waals surface area contributed by atoms with Gasteiger partial charge < -0.3 is 19.9 Å². The van der Waals surface area contributed by atoms with Crippen molar-refractivity contribution >= 4 is 23.2 Å². The van der Waals surface area contributed by atoms with Gasteiger partial charge in [0.05, 0.1) is 18.1 Å². The van der Waals surface area contributed by atoms with E-state index in [1.165, 1.54) is 36.4 Å². The van der Waals surface area contributed by atoms with E-state index in [0.29, 0.717) is 26.3 Å². The van der Waals surface area contributed by atoms with Crippen molar-refractivity contribution in [1.29, 1.82) is 0 Å². The highest BCUT2D eigenvalue weighted by molar-refractivity contribution is 7.14. The summed E-state index contributed by atoms with van der Waals surface area (Å²) in [4.78, 5) is 31.9. The molecule has 0 aromatic carbocycles. The largest absolute Gasteiger partial charge is 0.378 e. The van der Waals surface area contributed by atoms with Gasteiger partial charge in [-0.05, 0) is 75.7 Å². The van der Waals surface area contributed by atoms with Crippen LogP contribution < -0.4 is 5.32 Å². The molecule has 166 valence electrons. The molecule has 2 fully saturated rings. The molecule has 1 N–H and O–H groups in total. The predicted octanol–water partition coefficient (Wildman–Crippen LogP) is 2.56. The van der Waals surface area contributed by atoms with Crippen LogP contribution in [0, 0.1) is 11.8 Å². The fourth-order valence-electron chi connectivity index (χ4n) is 4.72. The molecule has 1 aromatic rings. The van der Waals surface area contributed by atoms with Crippen LogP contribution >= 0.6 is 11.3 Å². The molecule has 0 unspecified atom stereocenters. The zero-order chi connectivity index (χ0) is 20.9. The number of amides is 2. The van der Waals surface area contributed by atoms with Crippen molar-refractivity contribution < 1.29 is 14.3 Å². The molecule has 1 atom stereocenters. The quantitative estimate of drug-likeness (QED) is 0.701. The van der Waals surface area contributed by atoms with Gasteiger partial charge in [-0.1, -0.05) is 6.92 Å². The first-order valence-corrected chi connectivity index (χ1v) is 12.4. The molecular weight excluding hydrogens is 398 g/mol. The van der Waals surface area contributed by atoms with Gasteiger partial charge in [0, 0.05) is 30.4 Å². The number of thiophene rings is 1. The summed E-state index contributed by atoms with van der Waals surface area (Å²) in [6.45, 7) is 9.16. The van der Waals surface area contributed by atoms with Crippen LogP contribution in [-0.2, 0) is 22.4 Å². The number of hydrogen-bond donors (Lipinski definition) is 1. The average molecular weight is 434 g/mol. The van der Waals surface area contributed by atoms with Crippen LogP contribution in [0.2, 0.25) is 0 Å². The summed E-state index contributed by atoms with van der Waals surface area (Å²) in [6.07, 6.45) is 6.17. The Kier molecular flexibility index (Phi) is 7.44. The van der Waals surface area contributed by atoms with E-state index in [4.69, 9.17) is 4.74 Å². The van der Waals surface area contributed by atoms with E-state index in [9.17, 15) is 9.59 Å². The van der Waals surface area contributed by atoms with Gasteiger partial charge >= 0.3 is 0 Å². The molecule has 0 saturated carbocycles. The Morgan fingerprint density at radius 2 is 1.93 bits per heavy atom. The minimum Gasteiger partial charge on any atom is -0.378 e. The van der Waals surface area contributed by atoms with Gasteiger partial charge in [0.1, 0.15) is 0 Å². The van der Waals surface area contributed by atoms with E-state index >= 15 is 0 Å². The van der Waals surface area contributed by atoms with Gasteiger partial charge in [-0.25, -0.2) is 0 Å². The molecule has 0 spiro atoms. The third kappa shape index (κ3) is 5.42. The molecule has 3 aliphatic rings. The predicted molar refractivity (Wildman–Crippen MR) is 119 cm³/mol. The Balaban J connectivity index is 1.22. The van der Waals surface area contributed by atoms with Crippen LogP contribution in [0.5, 0.6) is 0 Å². The molecular formula is C23H35N3O3S. The first-order valence-electron chi connectivity index (χ1n) is 11.6. The monoisotopic (exact) mass is 433 g/mol. The average Bonchev–Trinajstić information content (AvgIpc) is 3.21. The third-order valence-electron chi connectivity index (χ3n) is 6.79. The Morgan fingerprint density at radius 1 is 1.17 bits per heavy atom. The number of fused-ring (bicyclic) bond motifs is 1.